The van der Waals surface area contributed by atoms with Gasteiger partial charge in [0, 0.05) is 12.2 Å². The zero-order valence-electron chi connectivity index (χ0n) is 9.90. The maximum atomic E-state index is 11.5. The SMILES string of the molecule is CC(Br)C(=O)Nc1nn(C(C)C)cc1C(N)=O. The molecule has 1 unspecified atom stereocenters. The number of nitrogens with one attached hydrogen (secondary N) is 1. The maximum Gasteiger partial charge on any atom is 0.254 e. The van der Waals surface area contributed by atoms with Crippen LogP contribution in [0.3, 0.4) is 0 Å². The van der Waals surface area contributed by atoms with Crippen molar-refractivity contribution in [3.8, 4) is 0 Å². The molecule has 0 aromatic carbocycles. The summed E-state index contributed by atoms with van der Waals surface area (Å²) in [5.41, 5.74) is 5.43. The smallest absolute Gasteiger partial charge is 0.254 e. The topological polar surface area (TPSA) is 90.0 Å². The summed E-state index contributed by atoms with van der Waals surface area (Å²) in [6.07, 6.45) is 1.53. The quantitative estimate of drug-likeness (QED) is 0.821. The third-order valence-electron chi connectivity index (χ3n) is 2.13. The fourth-order valence-electron chi connectivity index (χ4n) is 1.14. The molecule has 0 aliphatic rings. The summed E-state index contributed by atoms with van der Waals surface area (Å²) in [7, 11) is 0. The number of rotatable bonds is 4. The summed E-state index contributed by atoms with van der Waals surface area (Å²) in [6, 6.07) is 0.0835. The lowest BCUT2D eigenvalue weighted by atomic mass is 10.3. The molecule has 0 aliphatic heterocycles. The van der Waals surface area contributed by atoms with Crippen molar-refractivity contribution in [3.05, 3.63) is 11.8 Å². The average molecular weight is 303 g/mol. The van der Waals surface area contributed by atoms with E-state index in [1.54, 1.807) is 11.6 Å². The lowest BCUT2D eigenvalue weighted by Gasteiger charge is -2.05. The molecule has 94 valence electrons. The van der Waals surface area contributed by atoms with E-state index in [1.807, 2.05) is 13.8 Å². The first kappa shape index (κ1) is 13.7. The van der Waals surface area contributed by atoms with Crippen molar-refractivity contribution in [3.63, 3.8) is 0 Å². The summed E-state index contributed by atoms with van der Waals surface area (Å²) in [5, 5.41) is 6.66. The van der Waals surface area contributed by atoms with Crippen LogP contribution in [0.4, 0.5) is 5.82 Å². The average Bonchev–Trinajstić information content (AvgIpc) is 2.61. The summed E-state index contributed by atoms with van der Waals surface area (Å²) < 4.78 is 1.58. The molecule has 0 radical (unpaired) electrons. The predicted octanol–water partition coefficient (Wildman–Crippen LogP) is 1.28. The van der Waals surface area contributed by atoms with E-state index in [2.05, 4.69) is 26.3 Å². The molecule has 0 spiro atoms. The third-order valence-corrected chi connectivity index (χ3v) is 2.55. The molecule has 1 atom stereocenters. The first-order valence-corrected chi connectivity index (χ1v) is 6.08. The van der Waals surface area contributed by atoms with Crippen LogP contribution in [0.15, 0.2) is 6.20 Å². The van der Waals surface area contributed by atoms with Crippen LogP contribution >= 0.6 is 15.9 Å². The summed E-state index contributed by atoms with van der Waals surface area (Å²) in [4.78, 5) is 22.4. The molecule has 1 heterocycles. The molecule has 6 nitrogen and oxygen atoms in total. The lowest BCUT2D eigenvalue weighted by Crippen LogP contribution is -2.22. The molecule has 3 N–H and O–H groups in total. The standard InChI is InChI=1S/C10H15BrN4O2/c1-5(2)15-4-7(8(12)16)9(14-15)13-10(17)6(3)11/h4-6H,1-3H3,(H2,12,16)(H,13,14,17). The Kier molecular flexibility index (Phi) is 4.28. The van der Waals surface area contributed by atoms with Gasteiger partial charge in [-0.25, -0.2) is 0 Å². The summed E-state index contributed by atoms with van der Waals surface area (Å²) in [5.74, 6) is -0.696. The molecule has 17 heavy (non-hydrogen) atoms. The number of hydrogen-bond donors (Lipinski definition) is 2. The number of alkyl halides is 1. The van der Waals surface area contributed by atoms with Crippen LogP contribution in [-0.4, -0.2) is 26.4 Å². The fourth-order valence-corrected chi connectivity index (χ4v) is 1.26. The van der Waals surface area contributed by atoms with Crippen LogP contribution in [-0.2, 0) is 4.79 Å². The van der Waals surface area contributed by atoms with E-state index in [0.29, 0.717) is 0 Å². The lowest BCUT2D eigenvalue weighted by molar-refractivity contribution is -0.115. The molecule has 0 bridgehead atoms. The van der Waals surface area contributed by atoms with Gasteiger partial charge in [-0.1, -0.05) is 15.9 Å². The first-order valence-electron chi connectivity index (χ1n) is 5.16. The van der Waals surface area contributed by atoms with Crippen molar-refractivity contribution < 1.29 is 9.59 Å². The van der Waals surface area contributed by atoms with Crippen LogP contribution in [0.25, 0.3) is 0 Å². The van der Waals surface area contributed by atoms with E-state index in [4.69, 9.17) is 5.73 Å². The molecule has 1 aromatic heterocycles. The van der Waals surface area contributed by atoms with Crippen molar-refractivity contribution in [2.75, 3.05) is 5.32 Å². The maximum absolute atomic E-state index is 11.5. The fraction of sp³-hybridized carbons (Fsp3) is 0.500. The zero-order chi connectivity index (χ0) is 13.2. The van der Waals surface area contributed by atoms with Crippen LogP contribution in [0.1, 0.15) is 37.2 Å². The van der Waals surface area contributed by atoms with Gasteiger partial charge in [0.15, 0.2) is 5.82 Å². The Morgan fingerprint density at radius 3 is 2.47 bits per heavy atom. The number of halogens is 1. The van der Waals surface area contributed by atoms with Crippen molar-refractivity contribution in [2.24, 2.45) is 5.73 Å². The molecule has 0 saturated carbocycles. The van der Waals surface area contributed by atoms with Gasteiger partial charge in [-0.15, -0.1) is 0 Å². The van der Waals surface area contributed by atoms with Crippen LogP contribution in [0.2, 0.25) is 0 Å². The number of primary amides is 1. The Morgan fingerprint density at radius 1 is 1.47 bits per heavy atom. The Hall–Kier alpha value is -1.37. The molecule has 0 aliphatic carbocycles. The largest absolute Gasteiger partial charge is 0.365 e. The van der Waals surface area contributed by atoms with Crippen LogP contribution in [0, 0.1) is 0 Å². The van der Waals surface area contributed by atoms with Crippen molar-refractivity contribution in [1.29, 1.82) is 0 Å². The number of hydrogen-bond acceptors (Lipinski definition) is 3. The molecule has 1 aromatic rings. The van der Waals surface area contributed by atoms with Gasteiger partial charge in [-0.3, -0.25) is 14.3 Å². The van der Waals surface area contributed by atoms with Crippen LogP contribution in [0.5, 0.6) is 0 Å². The highest BCUT2D eigenvalue weighted by Gasteiger charge is 2.18. The minimum absolute atomic E-state index is 0.0835. The van der Waals surface area contributed by atoms with Crippen molar-refractivity contribution in [2.45, 2.75) is 31.6 Å². The molecule has 7 heteroatoms. The minimum atomic E-state index is -0.616. The van der Waals surface area contributed by atoms with E-state index in [0.717, 1.165) is 0 Å². The number of carbonyl (C=O) groups excluding carboxylic acids is 2. The molecule has 0 saturated heterocycles. The number of anilines is 1. The zero-order valence-corrected chi connectivity index (χ0v) is 11.5. The number of aromatic nitrogens is 2. The summed E-state index contributed by atoms with van der Waals surface area (Å²) >= 11 is 3.13. The number of carbonyl (C=O) groups is 2. The van der Waals surface area contributed by atoms with E-state index in [-0.39, 0.29) is 28.2 Å². The second kappa shape index (κ2) is 5.31. The second-order valence-corrected chi connectivity index (χ2v) is 5.31. The normalized spacial score (nSPS) is 12.5. The Morgan fingerprint density at radius 2 is 2.06 bits per heavy atom. The molecule has 2 amide bonds. The summed E-state index contributed by atoms with van der Waals surface area (Å²) in [6.45, 7) is 5.51. The highest BCUT2D eigenvalue weighted by Crippen LogP contribution is 2.16. The van der Waals surface area contributed by atoms with Gasteiger partial charge in [0.2, 0.25) is 5.91 Å². The molecule has 1 rings (SSSR count). The van der Waals surface area contributed by atoms with E-state index < -0.39 is 5.91 Å². The highest BCUT2D eigenvalue weighted by atomic mass is 79.9. The van der Waals surface area contributed by atoms with E-state index in [9.17, 15) is 9.59 Å². The van der Waals surface area contributed by atoms with Gasteiger partial charge < -0.3 is 11.1 Å². The number of nitrogens with zero attached hydrogens (tertiary/aromatic N) is 2. The second-order valence-electron chi connectivity index (χ2n) is 3.93. The van der Waals surface area contributed by atoms with Gasteiger partial charge in [0.1, 0.15) is 5.56 Å². The van der Waals surface area contributed by atoms with E-state index in [1.165, 1.54) is 6.20 Å². The first-order chi connectivity index (χ1) is 7.82. The van der Waals surface area contributed by atoms with Gasteiger partial charge in [-0.05, 0) is 20.8 Å². The van der Waals surface area contributed by atoms with Crippen molar-refractivity contribution >= 4 is 33.6 Å². The van der Waals surface area contributed by atoms with Gasteiger partial charge in [-0.2, -0.15) is 5.10 Å². The Balaban J connectivity index is 3.04. The molecular formula is C10H15BrN4O2. The van der Waals surface area contributed by atoms with Gasteiger partial charge in [0.05, 0.1) is 4.83 Å². The Bertz CT molecular complexity index is 440. The highest BCUT2D eigenvalue weighted by molar-refractivity contribution is 9.10. The van der Waals surface area contributed by atoms with Crippen LogP contribution < -0.4 is 11.1 Å². The Labute approximate surface area is 108 Å². The van der Waals surface area contributed by atoms with Gasteiger partial charge in [0.25, 0.3) is 5.91 Å². The third kappa shape index (κ3) is 3.29. The monoisotopic (exact) mass is 302 g/mol. The minimum Gasteiger partial charge on any atom is -0.365 e. The van der Waals surface area contributed by atoms with Crippen molar-refractivity contribution in [1.82, 2.24) is 9.78 Å². The predicted molar refractivity (Wildman–Crippen MR) is 68.1 cm³/mol. The molecule has 0 fully saturated rings. The molecular weight excluding hydrogens is 288 g/mol. The van der Waals surface area contributed by atoms with E-state index >= 15 is 0 Å². The number of nitrogens with two attached hydrogens (primary N) is 1. The van der Waals surface area contributed by atoms with Gasteiger partial charge >= 0.3 is 0 Å². The number of amides is 2.